The Balaban J connectivity index is 3.13. The molecule has 0 saturated heterocycles. The van der Waals surface area contributed by atoms with Gasteiger partial charge in [-0.15, -0.1) is 0 Å². The molecule has 116 valence electrons. The first-order valence-corrected chi connectivity index (χ1v) is 6.44. The molecule has 0 saturated carbocycles. The second-order valence-electron chi connectivity index (χ2n) is 6.16. The van der Waals surface area contributed by atoms with Crippen LogP contribution in [0.2, 0.25) is 0 Å². The highest BCUT2D eigenvalue weighted by molar-refractivity contribution is 5.68. The van der Waals surface area contributed by atoms with Crippen LogP contribution in [0.5, 0.6) is 0 Å². The van der Waals surface area contributed by atoms with Crippen molar-refractivity contribution in [1.29, 1.82) is 0 Å². The van der Waals surface area contributed by atoms with E-state index in [4.69, 9.17) is 17.3 Å². The molecule has 6 N–H and O–H groups in total. The van der Waals surface area contributed by atoms with Crippen LogP contribution in [0, 0.1) is 17.0 Å². The number of nitrogens with zero attached hydrogens (tertiary/aromatic N) is 1. The minimum atomic E-state index is -0.811. The van der Waals surface area contributed by atoms with Crippen molar-refractivity contribution in [3.05, 3.63) is 47.7 Å². The quantitative estimate of drug-likeness (QED) is 0.588. The van der Waals surface area contributed by atoms with Crippen LogP contribution in [-0.2, 0) is 0 Å². The molecule has 0 aliphatic carbocycles. The molecule has 1 aromatic carbocycles. The Bertz CT molecular complexity index is 551. The number of rotatable bonds is 4. The number of benzene rings is 1. The van der Waals surface area contributed by atoms with Gasteiger partial charge in [0.15, 0.2) is 0 Å². The van der Waals surface area contributed by atoms with Crippen LogP contribution in [0.3, 0.4) is 0 Å². The van der Waals surface area contributed by atoms with Crippen molar-refractivity contribution in [3.63, 3.8) is 0 Å². The van der Waals surface area contributed by atoms with Gasteiger partial charge in [0.2, 0.25) is 0 Å². The molecule has 0 aliphatic heterocycles. The molecule has 0 spiro atoms. The molecule has 0 heterocycles. The van der Waals surface area contributed by atoms with Gasteiger partial charge in [-0.2, -0.15) is 0 Å². The van der Waals surface area contributed by atoms with Crippen molar-refractivity contribution in [2.45, 2.75) is 20.8 Å². The maximum absolute atomic E-state index is 14.0. The van der Waals surface area contributed by atoms with Crippen LogP contribution in [-0.4, -0.2) is 11.6 Å². The highest BCUT2D eigenvalue weighted by Gasteiger charge is 2.17. The predicted octanol–water partition coefficient (Wildman–Crippen LogP) is 2.37. The molecule has 4 nitrogen and oxygen atoms in total. The zero-order chi connectivity index (χ0) is 16.4. The topological polar surface area (TPSA) is 81.3 Å². The van der Waals surface area contributed by atoms with Crippen molar-refractivity contribution >= 4 is 11.4 Å². The maximum Gasteiger partial charge on any atom is 0.136 e. The summed E-state index contributed by atoms with van der Waals surface area (Å²) in [4.78, 5) is 0. The number of hydrazine groups is 1. The Hall–Kier alpha value is -2.08. The van der Waals surface area contributed by atoms with Crippen LogP contribution in [0.25, 0.3) is 11.4 Å². The molecule has 0 aliphatic rings. The Morgan fingerprint density at radius 1 is 1.24 bits per heavy atom. The van der Waals surface area contributed by atoms with Crippen molar-refractivity contribution < 1.29 is 8.78 Å². The predicted molar refractivity (Wildman–Crippen MR) is 82.1 cm³/mol. The third-order valence-corrected chi connectivity index (χ3v) is 2.66. The molecule has 1 aromatic rings. The average Bonchev–Trinajstić information content (AvgIpc) is 2.24. The van der Waals surface area contributed by atoms with E-state index < -0.39 is 11.6 Å². The maximum atomic E-state index is 14.0. The van der Waals surface area contributed by atoms with Gasteiger partial charge in [0, 0.05) is 24.0 Å². The molecule has 1 rings (SSSR count). The van der Waals surface area contributed by atoms with Crippen molar-refractivity contribution in [3.8, 4) is 0 Å². The molecule has 0 aromatic heterocycles. The van der Waals surface area contributed by atoms with Crippen molar-refractivity contribution in [1.82, 2.24) is 5.01 Å². The molecule has 6 heteroatoms. The smallest absolute Gasteiger partial charge is 0.136 e. The third kappa shape index (κ3) is 4.75. The first-order chi connectivity index (χ1) is 9.51. The summed E-state index contributed by atoms with van der Waals surface area (Å²) in [7, 11) is 0. The first-order valence-electron chi connectivity index (χ1n) is 6.44. The molecule has 0 fully saturated rings. The lowest BCUT2D eigenvalue weighted by Gasteiger charge is -2.25. The SMILES string of the molecule is C=C(N)c1cc(F)c(/C(N)=C/N(N)CC(C)(C)C)c(F)c1. The fourth-order valence-corrected chi connectivity index (χ4v) is 1.87. The summed E-state index contributed by atoms with van der Waals surface area (Å²) in [6, 6.07) is 2.18. The Morgan fingerprint density at radius 3 is 2.10 bits per heavy atom. The summed E-state index contributed by atoms with van der Waals surface area (Å²) < 4.78 is 28.0. The summed E-state index contributed by atoms with van der Waals surface area (Å²) in [5, 5.41) is 1.31. The van der Waals surface area contributed by atoms with E-state index in [1.165, 1.54) is 11.2 Å². The number of hydrogen-bond acceptors (Lipinski definition) is 4. The minimum Gasteiger partial charge on any atom is -0.399 e. The molecule has 0 bridgehead atoms. The van der Waals surface area contributed by atoms with E-state index >= 15 is 0 Å². The molecular formula is C15H22F2N4. The summed E-state index contributed by atoms with van der Waals surface area (Å²) in [5.74, 6) is 4.15. The summed E-state index contributed by atoms with van der Waals surface area (Å²) >= 11 is 0. The summed E-state index contributed by atoms with van der Waals surface area (Å²) in [5.41, 5.74) is 10.9. The standard InChI is InChI=1S/C15H22F2N4/c1-9(18)10-5-11(16)14(12(17)6-10)13(19)7-21(20)8-15(2,3)4/h5-7H,1,8,18-20H2,2-4H3/b13-7-. The molecule has 0 atom stereocenters. The highest BCUT2D eigenvalue weighted by atomic mass is 19.1. The largest absolute Gasteiger partial charge is 0.399 e. The number of halogens is 2. The number of nitrogens with two attached hydrogens (primary N) is 3. The Morgan fingerprint density at radius 2 is 1.71 bits per heavy atom. The fourth-order valence-electron chi connectivity index (χ4n) is 1.87. The van der Waals surface area contributed by atoms with E-state index in [-0.39, 0.29) is 27.9 Å². The summed E-state index contributed by atoms with van der Waals surface area (Å²) in [6.07, 6.45) is 1.31. The van der Waals surface area contributed by atoms with Crippen LogP contribution < -0.4 is 17.3 Å². The van der Waals surface area contributed by atoms with E-state index in [1.54, 1.807) is 0 Å². The van der Waals surface area contributed by atoms with Gasteiger partial charge in [0.25, 0.3) is 0 Å². The molecule has 0 amide bonds. The number of hydrogen-bond donors (Lipinski definition) is 3. The minimum absolute atomic E-state index is 0.0788. The van der Waals surface area contributed by atoms with Crippen LogP contribution >= 0.6 is 0 Å². The zero-order valence-corrected chi connectivity index (χ0v) is 12.6. The second kappa shape index (κ2) is 6.13. The Labute approximate surface area is 123 Å². The van der Waals surface area contributed by atoms with E-state index in [0.29, 0.717) is 6.54 Å². The molecular weight excluding hydrogens is 274 g/mol. The lowest BCUT2D eigenvalue weighted by Crippen LogP contribution is -2.34. The summed E-state index contributed by atoms with van der Waals surface area (Å²) in [6.45, 7) is 9.88. The second-order valence-corrected chi connectivity index (χ2v) is 6.16. The van der Waals surface area contributed by atoms with Gasteiger partial charge in [0.1, 0.15) is 11.6 Å². The van der Waals surface area contributed by atoms with Crippen LogP contribution in [0.15, 0.2) is 24.9 Å². The van der Waals surface area contributed by atoms with Crippen molar-refractivity contribution in [2.24, 2.45) is 22.7 Å². The van der Waals surface area contributed by atoms with Gasteiger partial charge in [-0.3, -0.25) is 0 Å². The van der Waals surface area contributed by atoms with E-state index in [0.717, 1.165) is 12.1 Å². The van der Waals surface area contributed by atoms with Gasteiger partial charge < -0.3 is 16.5 Å². The zero-order valence-electron chi connectivity index (χ0n) is 12.6. The van der Waals surface area contributed by atoms with Gasteiger partial charge in [-0.25, -0.2) is 14.6 Å². The van der Waals surface area contributed by atoms with Crippen LogP contribution in [0.4, 0.5) is 8.78 Å². The third-order valence-electron chi connectivity index (χ3n) is 2.66. The lowest BCUT2D eigenvalue weighted by atomic mass is 9.97. The van der Waals surface area contributed by atoms with E-state index in [1.807, 2.05) is 20.8 Å². The lowest BCUT2D eigenvalue weighted by molar-refractivity contribution is 0.257. The van der Waals surface area contributed by atoms with Gasteiger partial charge in [0.05, 0.1) is 11.3 Å². The molecule has 0 unspecified atom stereocenters. The van der Waals surface area contributed by atoms with E-state index in [9.17, 15) is 8.78 Å². The molecule has 21 heavy (non-hydrogen) atoms. The van der Waals surface area contributed by atoms with Gasteiger partial charge in [-0.1, -0.05) is 27.4 Å². The molecule has 0 radical (unpaired) electrons. The van der Waals surface area contributed by atoms with Gasteiger partial charge in [-0.05, 0) is 17.5 Å². The highest BCUT2D eigenvalue weighted by Crippen LogP contribution is 2.23. The van der Waals surface area contributed by atoms with E-state index in [2.05, 4.69) is 6.58 Å². The van der Waals surface area contributed by atoms with Gasteiger partial charge >= 0.3 is 0 Å². The monoisotopic (exact) mass is 296 g/mol. The van der Waals surface area contributed by atoms with Crippen LogP contribution in [0.1, 0.15) is 31.9 Å². The Kier molecular flexibility index (Phi) is 4.96. The first kappa shape index (κ1) is 17.0. The van der Waals surface area contributed by atoms with Crippen molar-refractivity contribution in [2.75, 3.05) is 6.54 Å². The average molecular weight is 296 g/mol. The normalized spacial score (nSPS) is 12.4. The fraction of sp³-hybridized carbons (Fsp3) is 0.333.